The van der Waals surface area contributed by atoms with Crippen molar-refractivity contribution >= 4 is 17.3 Å². The van der Waals surface area contributed by atoms with Gasteiger partial charge in [0, 0.05) is 37.4 Å². The Bertz CT molecular complexity index is 969. The largest absolute Gasteiger partial charge is 0.367 e. The van der Waals surface area contributed by atoms with E-state index in [1.165, 1.54) is 6.07 Å². The van der Waals surface area contributed by atoms with Crippen LogP contribution < -0.4 is 10.2 Å². The summed E-state index contributed by atoms with van der Waals surface area (Å²) >= 11 is 0. The third-order valence-corrected chi connectivity index (χ3v) is 5.22. The monoisotopic (exact) mass is 389 g/mol. The van der Waals surface area contributed by atoms with Crippen LogP contribution in [0.4, 0.5) is 15.8 Å². The number of hydrogen-bond acceptors (Lipinski definition) is 3. The smallest absolute Gasteiger partial charge is 0.238 e. The molecule has 1 amide bonds. The van der Waals surface area contributed by atoms with Crippen LogP contribution in [0, 0.1) is 5.82 Å². The Balaban J connectivity index is 1.35. The van der Waals surface area contributed by atoms with Gasteiger partial charge in [0.1, 0.15) is 5.82 Å². The first-order chi connectivity index (χ1) is 14.2. The van der Waals surface area contributed by atoms with E-state index in [2.05, 4.69) is 10.2 Å². The van der Waals surface area contributed by atoms with Gasteiger partial charge in [-0.15, -0.1) is 0 Å². The van der Waals surface area contributed by atoms with Crippen molar-refractivity contribution in [1.29, 1.82) is 0 Å². The Hall–Kier alpha value is -3.18. The molecule has 3 aromatic rings. The molecule has 0 aromatic heterocycles. The van der Waals surface area contributed by atoms with Gasteiger partial charge in [0.15, 0.2) is 0 Å². The maximum absolute atomic E-state index is 14.0. The van der Waals surface area contributed by atoms with Gasteiger partial charge in [-0.1, -0.05) is 60.7 Å². The van der Waals surface area contributed by atoms with E-state index < -0.39 is 0 Å². The number of para-hydroxylation sites is 2. The van der Waals surface area contributed by atoms with E-state index in [-0.39, 0.29) is 11.7 Å². The second-order valence-electron chi connectivity index (χ2n) is 7.17. The van der Waals surface area contributed by atoms with Crippen molar-refractivity contribution in [2.24, 2.45) is 0 Å². The molecule has 3 aromatic carbocycles. The Labute approximate surface area is 170 Å². The number of carbonyl (C=O) groups is 1. The molecule has 0 radical (unpaired) electrons. The predicted octanol–water partition coefficient (Wildman–Crippen LogP) is 4.25. The Morgan fingerprint density at radius 2 is 1.48 bits per heavy atom. The van der Waals surface area contributed by atoms with Crippen molar-refractivity contribution in [3.63, 3.8) is 0 Å². The number of halogens is 1. The van der Waals surface area contributed by atoms with Gasteiger partial charge in [-0.25, -0.2) is 4.39 Å². The first-order valence-electron chi connectivity index (χ1n) is 9.87. The van der Waals surface area contributed by atoms with Crippen LogP contribution in [-0.2, 0) is 4.79 Å². The topological polar surface area (TPSA) is 35.6 Å². The highest BCUT2D eigenvalue weighted by atomic mass is 19.1. The third kappa shape index (κ3) is 4.63. The molecule has 1 N–H and O–H groups in total. The number of piperazine rings is 1. The van der Waals surface area contributed by atoms with E-state index in [9.17, 15) is 9.18 Å². The lowest BCUT2D eigenvalue weighted by atomic mass is 10.0. The predicted molar refractivity (Wildman–Crippen MR) is 116 cm³/mol. The lowest BCUT2D eigenvalue weighted by molar-refractivity contribution is -0.117. The van der Waals surface area contributed by atoms with E-state index in [0.29, 0.717) is 25.3 Å². The van der Waals surface area contributed by atoms with E-state index in [1.807, 2.05) is 65.6 Å². The zero-order valence-corrected chi connectivity index (χ0v) is 16.2. The normalized spacial score (nSPS) is 14.6. The first-order valence-corrected chi connectivity index (χ1v) is 9.87. The summed E-state index contributed by atoms with van der Waals surface area (Å²) in [5.41, 5.74) is 3.52. The Morgan fingerprint density at radius 1 is 0.828 bits per heavy atom. The number of benzene rings is 3. The van der Waals surface area contributed by atoms with Crippen LogP contribution in [0.15, 0.2) is 78.9 Å². The Morgan fingerprint density at radius 3 is 2.24 bits per heavy atom. The zero-order chi connectivity index (χ0) is 20.1. The SMILES string of the molecule is O=C(CN1CCN(c2ccccc2F)CC1)Nc1ccccc1-c1ccccc1. The quantitative estimate of drug-likeness (QED) is 0.709. The van der Waals surface area contributed by atoms with Gasteiger partial charge in [-0.2, -0.15) is 0 Å². The molecular formula is C24H24FN3O. The minimum Gasteiger partial charge on any atom is -0.367 e. The fourth-order valence-electron chi connectivity index (χ4n) is 3.71. The van der Waals surface area contributed by atoms with E-state index >= 15 is 0 Å². The molecule has 1 aliphatic rings. The fourth-order valence-corrected chi connectivity index (χ4v) is 3.71. The molecule has 4 nitrogen and oxygen atoms in total. The van der Waals surface area contributed by atoms with Crippen molar-refractivity contribution in [1.82, 2.24) is 4.90 Å². The number of anilines is 2. The summed E-state index contributed by atoms with van der Waals surface area (Å²) in [4.78, 5) is 16.8. The van der Waals surface area contributed by atoms with Crippen LogP contribution in [0.2, 0.25) is 0 Å². The number of hydrogen-bond donors (Lipinski definition) is 1. The molecule has 1 heterocycles. The van der Waals surface area contributed by atoms with Crippen LogP contribution >= 0.6 is 0 Å². The molecule has 0 bridgehead atoms. The highest BCUT2D eigenvalue weighted by Gasteiger charge is 2.21. The Kier molecular flexibility index (Phi) is 5.86. The minimum atomic E-state index is -0.198. The third-order valence-electron chi connectivity index (χ3n) is 5.22. The number of amides is 1. The highest BCUT2D eigenvalue weighted by Crippen LogP contribution is 2.27. The second kappa shape index (κ2) is 8.88. The summed E-state index contributed by atoms with van der Waals surface area (Å²) in [6.07, 6.45) is 0. The first kappa shape index (κ1) is 19.2. The summed E-state index contributed by atoms with van der Waals surface area (Å²) in [6.45, 7) is 3.18. The molecular weight excluding hydrogens is 365 g/mol. The van der Waals surface area contributed by atoms with Crippen molar-refractivity contribution in [2.75, 3.05) is 42.9 Å². The lowest BCUT2D eigenvalue weighted by Crippen LogP contribution is -2.48. The van der Waals surface area contributed by atoms with E-state index in [1.54, 1.807) is 12.1 Å². The van der Waals surface area contributed by atoms with Gasteiger partial charge in [-0.05, 0) is 23.8 Å². The number of carbonyl (C=O) groups excluding carboxylic acids is 1. The summed E-state index contributed by atoms with van der Waals surface area (Å²) in [6, 6.07) is 24.7. The molecule has 0 aliphatic carbocycles. The molecule has 0 saturated carbocycles. The molecule has 148 valence electrons. The summed E-state index contributed by atoms with van der Waals surface area (Å²) in [5.74, 6) is -0.232. The minimum absolute atomic E-state index is 0.0345. The van der Waals surface area contributed by atoms with Gasteiger partial charge < -0.3 is 10.2 Å². The van der Waals surface area contributed by atoms with Crippen LogP contribution in [-0.4, -0.2) is 43.5 Å². The van der Waals surface area contributed by atoms with Crippen molar-refractivity contribution in [3.05, 3.63) is 84.7 Å². The van der Waals surface area contributed by atoms with Gasteiger partial charge >= 0.3 is 0 Å². The maximum Gasteiger partial charge on any atom is 0.238 e. The molecule has 1 fully saturated rings. The average Bonchev–Trinajstić information content (AvgIpc) is 2.76. The van der Waals surface area contributed by atoms with Crippen LogP contribution in [0.25, 0.3) is 11.1 Å². The molecule has 29 heavy (non-hydrogen) atoms. The lowest BCUT2D eigenvalue weighted by Gasteiger charge is -2.35. The molecule has 0 unspecified atom stereocenters. The molecule has 0 spiro atoms. The molecule has 0 atom stereocenters. The van der Waals surface area contributed by atoms with Gasteiger partial charge in [0.25, 0.3) is 0 Å². The molecule has 4 rings (SSSR count). The van der Waals surface area contributed by atoms with E-state index in [0.717, 1.165) is 29.9 Å². The zero-order valence-electron chi connectivity index (χ0n) is 16.2. The van der Waals surface area contributed by atoms with Gasteiger partial charge in [0.05, 0.1) is 12.2 Å². The highest BCUT2D eigenvalue weighted by molar-refractivity contribution is 5.96. The molecule has 1 saturated heterocycles. The van der Waals surface area contributed by atoms with Crippen LogP contribution in [0.5, 0.6) is 0 Å². The van der Waals surface area contributed by atoms with Crippen LogP contribution in [0.1, 0.15) is 0 Å². The van der Waals surface area contributed by atoms with Crippen molar-refractivity contribution < 1.29 is 9.18 Å². The second-order valence-corrected chi connectivity index (χ2v) is 7.17. The summed E-state index contributed by atoms with van der Waals surface area (Å²) < 4.78 is 14.0. The van der Waals surface area contributed by atoms with Crippen LogP contribution in [0.3, 0.4) is 0 Å². The van der Waals surface area contributed by atoms with Crippen molar-refractivity contribution in [3.8, 4) is 11.1 Å². The summed E-state index contributed by atoms with van der Waals surface area (Å²) in [7, 11) is 0. The molecule has 5 heteroatoms. The average molecular weight is 389 g/mol. The maximum atomic E-state index is 14.0. The number of rotatable bonds is 5. The van der Waals surface area contributed by atoms with E-state index in [4.69, 9.17) is 0 Å². The summed E-state index contributed by atoms with van der Waals surface area (Å²) in [5, 5.41) is 3.05. The standard InChI is InChI=1S/C24H24FN3O/c25-21-11-5-7-13-23(21)28-16-14-27(15-17-28)18-24(29)26-22-12-6-4-10-20(22)19-8-2-1-3-9-19/h1-13H,14-18H2,(H,26,29). The number of nitrogens with zero attached hydrogens (tertiary/aromatic N) is 2. The number of nitrogens with one attached hydrogen (secondary N) is 1. The molecule has 1 aliphatic heterocycles. The van der Waals surface area contributed by atoms with Gasteiger partial charge in [0.2, 0.25) is 5.91 Å². The fraction of sp³-hybridized carbons (Fsp3) is 0.208. The van der Waals surface area contributed by atoms with Crippen molar-refractivity contribution in [2.45, 2.75) is 0 Å². The van der Waals surface area contributed by atoms with Gasteiger partial charge in [-0.3, -0.25) is 9.69 Å².